The molecule has 0 unspecified atom stereocenters. The van der Waals surface area contributed by atoms with Crippen LogP contribution in [-0.2, 0) is 0 Å². The summed E-state index contributed by atoms with van der Waals surface area (Å²) in [6.07, 6.45) is 0. The van der Waals surface area contributed by atoms with Crippen molar-refractivity contribution in [2.75, 3.05) is 0 Å². The van der Waals surface area contributed by atoms with E-state index in [1.54, 1.807) is 0 Å². The normalized spacial score (nSPS) is 11.4. The van der Waals surface area contributed by atoms with Crippen molar-refractivity contribution < 1.29 is 0 Å². The predicted octanol–water partition coefficient (Wildman–Crippen LogP) is 13.9. The summed E-state index contributed by atoms with van der Waals surface area (Å²) < 4.78 is 0. The first-order valence-electron chi connectivity index (χ1n) is 19.6. The Morgan fingerprint density at radius 1 is 0.241 bits per heavy atom. The molecular weight excluding hydrogens is 705 g/mol. The van der Waals surface area contributed by atoms with E-state index in [1.165, 1.54) is 32.5 Å². The van der Waals surface area contributed by atoms with Crippen LogP contribution in [0.25, 0.3) is 111 Å². The van der Waals surface area contributed by atoms with Crippen LogP contribution in [0.5, 0.6) is 0 Å². The topological polar surface area (TPSA) is 51.6 Å². The van der Waals surface area contributed by atoms with Gasteiger partial charge in [-0.3, -0.25) is 0 Å². The minimum Gasteiger partial charge on any atom is -0.247 e. The summed E-state index contributed by atoms with van der Waals surface area (Å²) in [6, 6.07) is 72.4. The lowest BCUT2D eigenvalue weighted by Crippen LogP contribution is -2.00. The molecule has 9 aromatic carbocycles. The molecule has 2 heterocycles. The van der Waals surface area contributed by atoms with E-state index in [0.29, 0.717) is 17.5 Å². The van der Waals surface area contributed by atoms with Crippen LogP contribution < -0.4 is 0 Å². The second-order valence-corrected chi connectivity index (χ2v) is 14.6. The number of rotatable bonds is 6. The standard InChI is InChI=1S/C54H34N4/c1-3-15-37(16-4-1)52-56-53(38-17-5-2-6-18-38)58-54(57-52)43-33-41(32-42(34-43)50-44-21-9-7-19-39(44)31-40-20-8-10-22-45(40)50)35-27-29-36(30-28-35)51-48-25-12-11-23-46(48)47-24-13-14-26-49(47)55-51/h1-34H. The Balaban J connectivity index is 1.14. The zero-order chi connectivity index (χ0) is 38.4. The van der Waals surface area contributed by atoms with E-state index in [0.717, 1.165) is 60.9 Å². The predicted molar refractivity (Wildman–Crippen MR) is 240 cm³/mol. The van der Waals surface area contributed by atoms with Gasteiger partial charge in [-0.2, -0.15) is 0 Å². The van der Waals surface area contributed by atoms with E-state index in [-0.39, 0.29) is 0 Å². The number of benzene rings is 9. The Morgan fingerprint density at radius 3 is 1.31 bits per heavy atom. The van der Waals surface area contributed by atoms with Crippen LogP contribution in [-0.4, -0.2) is 19.9 Å². The molecule has 4 nitrogen and oxygen atoms in total. The smallest absolute Gasteiger partial charge is 0.164 e. The lowest BCUT2D eigenvalue weighted by Gasteiger charge is -2.16. The number of aromatic nitrogens is 4. The summed E-state index contributed by atoms with van der Waals surface area (Å²) in [6.45, 7) is 0. The fraction of sp³-hybridized carbons (Fsp3) is 0. The molecule has 0 saturated heterocycles. The van der Waals surface area contributed by atoms with Crippen LogP contribution in [0.15, 0.2) is 206 Å². The quantitative estimate of drug-likeness (QED) is 0.126. The number of para-hydroxylation sites is 1. The van der Waals surface area contributed by atoms with Crippen molar-refractivity contribution in [3.05, 3.63) is 206 Å². The molecule has 0 aliphatic rings. The largest absolute Gasteiger partial charge is 0.247 e. The maximum Gasteiger partial charge on any atom is 0.164 e. The lowest BCUT2D eigenvalue weighted by molar-refractivity contribution is 1.07. The van der Waals surface area contributed by atoms with Crippen LogP contribution in [0.3, 0.4) is 0 Å². The van der Waals surface area contributed by atoms with E-state index < -0.39 is 0 Å². The zero-order valence-corrected chi connectivity index (χ0v) is 31.4. The summed E-state index contributed by atoms with van der Waals surface area (Å²) in [5.41, 5.74) is 10.2. The average molecular weight is 739 g/mol. The number of nitrogens with zero attached hydrogens (tertiary/aromatic N) is 4. The van der Waals surface area contributed by atoms with Gasteiger partial charge < -0.3 is 0 Å². The van der Waals surface area contributed by atoms with E-state index >= 15 is 0 Å². The first-order chi connectivity index (χ1) is 28.7. The highest BCUT2D eigenvalue weighted by atomic mass is 15.0. The molecule has 4 heteroatoms. The SMILES string of the molecule is c1ccc(-c2nc(-c3ccccc3)nc(-c3cc(-c4ccc(-c5nc6ccccc6c6ccccc56)cc4)cc(-c4c5ccccc5cc5ccccc45)c3)n2)cc1. The first-order valence-corrected chi connectivity index (χ1v) is 19.6. The maximum absolute atomic E-state index is 5.19. The van der Waals surface area contributed by atoms with Crippen molar-refractivity contribution in [1.82, 2.24) is 19.9 Å². The number of pyridine rings is 1. The van der Waals surface area contributed by atoms with Gasteiger partial charge in [0.05, 0.1) is 11.2 Å². The van der Waals surface area contributed by atoms with Gasteiger partial charge in [0, 0.05) is 33.0 Å². The number of hydrogen-bond acceptors (Lipinski definition) is 4. The molecule has 0 aliphatic carbocycles. The molecular formula is C54H34N4. The molecule has 270 valence electrons. The molecule has 0 amide bonds. The Kier molecular flexibility index (Phi) is 8.11. The van der Waals surface area contributed by atoms with Crippen molar-refractivity contribution >= 4 is 43.2 Å². The van der Waals surface area contributed by atoms with Gasteiger partial charge in [0.2, 0.25) is 0 Å². The Bertz CT molecular complexity index is 3210. The van der Waals surface area contributed by atoms with Crippen LogP contribution in [0, 0.1) is 0 Å². The lowest BCUT2D eigenvalue weighted by atomic mass is 9.89. The third-order valence-electron chi connectivity index (χ3n) is 11.1. The Morgan fingerprint density at radius 2 is 0.690 bits per heavy atom. The molecule has 0 bridgehead atoms. The van der Waals surface area contributed by atoms with Gasteiger partial charge >= 0.3 is 0 Å². The second kappa shape index (κ2) is 14.0. The van der Waals surface area contributed by atoms with Crippen LogP contribution in [0.1, 0.15) is 0 Å². The molecule has 2 aromatic heterocycles. The minimum atomic E-state index is 0.615. The minimum absolute atomic E-state index is 0.615. The maximum atomic E-state index is 5.19. The summed E-state index contributed by atoms with van der Waals surface area (Å²) >= 11 is 0. The molecule has 0 aliphatic heterocycles. The summed E-state index contributed by atoms with van der Waals surface area (Å²) in [7, 11) is 0. The highest BCUT2D eigenvalue weighted by Crippen LogP contribution is 2.41. The monoisotopic (exact) mass is 738 g/mol. The number of hydrogen-bond donors (Lipinski definition) is 0. The highest BCUT2D eigenvalue weighted by Gasteiger charge is 2.18. The van der Waals surface area contributed by atoms with Gasteiger partial charge in [0.25, 0.3) is 0 Å². The molecule has 0 atom stereocenters. The average Bonchev–Trinajstić information content (AvgIpc) is 3.31. The van der Waals surface area contributed by atoms with Crippen LogP contribution in [0.4, 0.5) is 0 Å². The molecule has 0 N–H and O–H groups in total. The summed E-state index contributed by atoms with van der Waals surface area (Å²) in [5.74, 6) is 1.88. The van der Waals surface area contributed by atoms with Gasteiger partial charge in [0.1, 0.15) is 0 Å². The van der Waals surface area contributed by atoms with E-state index in [9.17, 15) is 0 Å². The van der Waals surface area contributed by atoms with E-state index in [2.05, 4.69) is 146 Å². The Labute approximate surface area is 335 Å². The Hall–Kier alpha value is -7.82. The molecule has 58 heavy (non-hydrogen) atoms. The van der Waals surface area contributed by atoms with Crippen molar-refractivity contribution in [3.63, 3.8) is 0 Å². The molecule has 11 aromatic rings. The van der Waals surface area contributed by atoms with Gasteiger partial charge in [-0.25, -0.2) is 19.9 Å². The zero-order valence-electron chi connectivity index (χ0n) is 31.4. The van der Waals surface area contributed by atoms with Gasteiger partial charge in [-0.15, -0.1) is 0 Å². The second-order valence-electron chi connectivity index (χ2n) is 14.6. The van der Waals surface area contributed by atoms with Crippen LogP contribution in [0.2, 0.25) is 0 Å². The molecule has 0 saturated carbocycles. The highest BCUT2D eigenvalue weighted by molar-refractivity contribution is 6.13. The van der Waals surface area contributed by atoms with Gasteiger partial charge in [-0.05, 0) is 79.5 Å². The molecule has 11 rings (SSSR count). The van der Waals surface area contributed by atoms with Gasteiger partial charge in [0.15, 0.2) is 17.5 Å². The van der Waals surface area contributed by atoms with Crippen molar-refractivity contribution in [3.8, 4) is 67.7 Å². The fourth-order valence-electron chi connectivity index (χ4n) is 8.27. The molecule has 0 radical (unpaired) electrons. The molecule has 0 fully saturated rings. The third kappa shape index (κ3) is 5.96. The molecule has 0 spiro atoms. The van der Waals surface area contributed by atoms with Crippen molar-refractivity contribution in [2.24, 2.45) is 0 Å². The first kappa shape index (κ1) is 33.5. The van der Waals surface area contributed by atoms with E-state index in [4.69, 9.17) is 19.9 Å². The third-order valence-corrected chi connectivity index (χ3v) is 11.1. The summed E-state index contributed by atoms with van der Waals surface area (Å²) in [4.78, 5) is 20.5. The van der Waals surface area contributed by atoms with Gasteiger partial charge in [-0.1, -0.05) is 176 Å². The van der Waals surface area contributed by atoms with Crippen molar-refractivity contribution in [1.29, 1.82) is 0 Å². The summed E-state index contributed by atoms with van der Waals surface area (Å²) in [5, 5.41) is 8.28. The van der Waals surface area contributed by atoms with Crippen molar-refractivity contribution in [2.45, 2.75) is 0 Å². The fourth-order valence-corrected chi connectivity index (χ4v) is 8.27. The van der Waals surface area contributed by atoms with Crippen LogP contribution >= 0.6 is 0 Å². The number of fused-ring (bicyclic) bond motifs is 5. The van der Waals surface area contributed by atoms with E-state index in [1.807, 2.05) is 60.7 Å².